The van der Waals surface area contributed by atoms with E-state index in [1.165, 1.54) is 11.9 Å². The van der Waals surface area contributed by atoms with Crippen LogP contribution in [-0.2, 0) is 19.2 Å². The first-order valence-electron chi connectivity index (χ1n) is 7.12. The molecule has 4 atom stereocenters. The first-order valence-corrected chi connectivity index (χ1v) is 7.12. The first kappa shape index (κ1) is 15.6. The van der Waals surface area contributed by atoms with Crippen LogP contribution in [0.15, 0.2) is 0 Å². The van der Waals surface area contributed by atoms with Crippen LogP contribution in [0.3, 0.4) is 0 Å². The smallest absolute Gasteiger partial charge is 0.247 e. The molecule has 0 bridgehead atoms. The Morgan fingerprint density at radius 1 is 0.905 bits per heavy atom. The van der Waals surface area contributed by atoms with Gasteiger partial charge in [-0.2, -0.15) is 0 Å². The highest BCUT2D eigenvalue weighted by molar-refractivity contribution is 6.09. The van der Waals surface area contributed by atoms with Crippen LogP contribution < -0.4 is 0 Å². The maximum atomic E-state index is 12.4. The summed E-state index contributed by atoms with van der Waals surface area (Å²) in [5, 5.41) is 0. The normalized spacial score (nSPS) is 33.8. The van der Waals surface area contributed by atoms with Gasteiger partial charge in [0.25, 0.3) is 0 Å². The maximum Gasteiger partial charge on any atom is 0.247 e. The third-order valence-electron chi connectivity index (χ3n) is 4.62. The number of rotatable bonds is 3. The zero-order chi connectivity index (χ0) is 16.1. The van der Waals surface area contributed by atoms with E-state index in [0.29, 0.717) is 6.54 Å². The highest BCUT2D eigenvalue weighted by Crippen LogP contribution is 2.30. The van der Waals surface area contributed by atoms with Crippen molar-refractivity contribution in [1.82, 2.24) is 14.7 Å². The fourth-order valence-corrected chi connectivity index (χ4v) is 3.36. The van der Waals surface area contributed by atoms with Gasteiger partial charge in [-0.3, -0.25) is 33.9 Å². The van der Waals surface area contributed by atoms with Crippen molar-refractivity contribution in [3.05, 3.63) is 0 Å². The third kappa shape index (κ3) is 2.07. The average molecular weight is 295 g/mol. The lowest BCUT2D eigenvalue weighted by molar-refractivity contribution is -0.140. The molecule has 0 saturated carbocycles. The molecule has 0 aromatic heterocycles. The van der Waals surface area contributed by atoms with Crippen molar-refractivity contribution in [1.29, 1.82) is 0 Å². The van der Waals surface area contributed by atoms with Gasteiger partial charge in [0, 0.05) is 13.6 Å². The molecule has 0 spiro atoms. The van der Waals surface area contributed by atoms with Gasteiger partial charge in [0.1, 0.15) is 12.1 Å². The van der Waals surface area contributed by atoms with Crippen LogP contribution in [-0.4, -0.2) is 71.1 Å². The molecule has 0 aliphatic carbocycles. The minimum Gasteiger partial charge on any atom is -0.284 e. The molecule has 21 heavy (non-hydrogen) atoms. The van der Waals surface area contributed by atoms with E-state index in [1.54, 1.807) is 32.7 Å². The lowest BCUT2D eigenvalue weighted by Crippen LogP contribution is -2.51. The third-order valence-corrected chi connectivity index (χ3v) is 4.62. The van der Waals surface area contributed by atoms with E-state index in [0.717, 1.165) is 4.90 Å². The van der Waals surface area contributed by atoms with Crippen LogP contribution in [0.25, 0.3) is 0 Å². The summed E-state index contributed by atoms with van der Waals surface area (Å²) in [7, 11) is 3.08. The van der Waals surface area contributed by atoms with Gasteiger partial charge in [0.2, 0.25) is 23.6 Å². The Bertz CT molecular complexity index is 518. The first-order chi connectivity index (χ1) is 9.73. The van der Waals surface area contributed by atoms with E-state index in [4.69, 9.17) is 0 Å². The summed E-state index contributed by atoms with van der Waals surface area (Å²) in [4.78, 5) is 52.5. The number of carbonyl (C=O) groups is 4. The monoisotopic (exact) mass is 295 g/mol. The lowest BCUT2D eigenvalue weighted by Gasteiger charge is -2.30. The molecular formula is C14H21N3O4. The molecule has 2 heterocycles. The van der Waals surface area contributed by atoms with Crippen LogP contribution in [0, 0.1) is 11.8 Å². The van der Waals surface area contributed by atoms with Gasteiger partial charge in [-0.1, -0.05) is 13.8 Å². The molecule has 7 heteroatoms. The fraction of sp³-hybridized carbons (Fsp3) is 0.714. The van der Waals surface area contributed by atoms with Crippen molar-refractivity contribution in [2.45, 2.75) is 32.9 Å². The predicted octanol–water partition coefficient (Wildman–Crippen LogP) is -0.685. The standard InChI is InChI=1S/C14H21N3O4/c1-6-17-12(19)8(3)10(14(17)21)15(4)9-7(2)11(18)16(5)13(9)20/h7-10H,6H2,1-5H3. The molecule has 2 saturated heterocycles. The Hall–Kier alpha value is -1.76. The van der Waals surface area contributed by atoms with Crippen molar-refractivity contribution in [2.24, 2.45) is 11.8 Å². The predicted molar refractivity (Wildman–Crippen MR) is 73.8 cm³/mol. The second kappa shape index (κ2) is 5.22. The number of carbonyl (C=O) groups excluding carboxylic acids is 4. The largest absolute Gasteiger partial charge is 0.284 e. The van der Waals surface area contributed by atoms with Crippen LogP contribution in [0.5, 0.6) is 0 Å². The summed E-state index contributed by atoms with van der Waals surface area (Å²) in [5.41, 5.74) is 0. The second-order valence-corrected chi connectivity index (χ2v) is 5.79. The van der Waals surface area contributed by atoms with Crippen LogP contribution in [0.4, 0.5) is 0 Å². The molecule has 2 rings (SSSR count). The van der Waals surface area contributed by atoms with Crippen LogP contribution in [0.1, 0.15) is 20.8 Å². The summed E-state index contributed by atoms with van der Waals surface area (Å²) in [5.74, 6) is -2.12. The van der Waals surface area contributed by atoms with Crippen molar-refractivity contribution in [3.8, 4) is 0 Å². The molecule has 4 unspecified atom stereocenters. The van der Waals surface area contributed by atoms with Gasteiger partial charge >= 0.3 is 0 Å². The van der Waals surface area contributed by atoms with Crippen LogP contribution >= 0.6 is 0 Å². The van der Waals surface area contributed by atoms with Crippen molar-refractivity contribution in [2.75, 3.05) is 20.6 Å². The van der Waals surface area contributed by atoms with E-state index >= 15 is 0 Å². The summed E-state index contributed by atoms with van der Waals surface area (Å²) < 4.78 is 0. The molecule has 0 N–H and O–H groups in total. The highest BCUT2D eigenvalue weighted by Gasteiger charge is 2.53. The quantitative estimate of drug-likeness (QED) is 0.644. The molecule has 2 aliphatic heterocycles. The molecule has 7 nitrogen and oxygen atoms in total. The molecule has 0 radical (unpaired) electrons. The number of amides is 4. The molecule has 116 valence electrons. The zero-order valence-corrected chi connectivity index (χ0v) is 13.0. The van der Waals surface area contributed by atoms with Gasteiger partial charge in [-0.15, -0.1) is 0 Å². The Labute approximate surface area is 123 Å². The highest BCUT2D eigenvalue weighted by atomic mass is 16.2. The molecule has 0 aromatic rings. The average Bonchev–Trinajstić information content (AvgIpc) is 2.77. The van der Waals surface area contributed by atoms with E-state index in [2.05, 4.69) is 0 Å². The minimum absolute atomic E-state index is 0.225. The zero-order valence-electron chi connectivity index (χ0n) is 13.0. The van der Waals surface area contributed by atoms with E-state index < -0.39 is 23.9 Å². The SMILES string of the molecule is CCN1C(=O)C(C)C(N(C)C2C(=O)N(C)C(=O)C2C)C1=O. The van der Waals surface area contributed by atoms with Crippen molar-refractivity contribution >= 4 is 23.6 Å². The number of imide groups is 2. The summed E-state index contributed by atoms with van der Waals surface area (Å²) in [6, 6.07) is -1.38. The molecular weight excluding hydrogens is 274 g/mol. The lowest BCUT2D eigenvalue weighted by atomic mass is 9.97. The van der Waals surface area contributed by atoms with E-state index in [9.17, 15) is 19.2 Å². The van der Waals surface area contributed by atoms with E-state index in [-0.39, 0.29) is 23.6 Å². The summed E-state index contributed by atoms with van der Waals surface area (Å²) >= 11 is 0. The summed E-state index contributed by atoms with van der Waals surface area (Å²) in [6.45, 7) is 5.42. The maximum absolute atomic E-state index is 12.4. The minimum atomic E-state index is -0.691. The Morgan fingerprint density at radius 2 is 1.38 bits per heavy atom. The van der Waals surface area contributed by atoms with Gasteiger partial charge < -0.3 is 0 Å². The number of hydrogen-bond acceptors (Lipinski definition) is 5. The molecule has 2 fully saturated rings. The summed E-state index contributed by atoms with van der Waals surface area (Å²) in [6.07, 6.45) is 0. The Morgan fingerprint density at radius 3 is 1.76 bits per heavy atom. The molecule has 0 aromatic carbocycles. The number of likely N-dealkylation sites (N-methyl/N-ethyl adjacent to an activating group) is 3. The Balaban J connectivity index is 2.30. The van der Waals surface area contributed by atoms with Crippen molar-refractivity contribution in [3.63, 3.8) is 0 Å². The van der Waals surface area contributed by atoms with Gasteiger partial charge in [-0.05, 0) is 14.0 Å². The van der Waals surface area contributed by atoms with Gasteiger partial charge in [-0.25, -0.2) is 0 Å². The van der Waals surface area contributed by atoms with Crippen LogP contribution in [0.2, 0.25) is 0 Å². The fourth-order valence-electron chi connectivity index (χ4n) is 3.36. The number of nitrogens with zero attached hydrogens (tertiary/aromatic N) is 3. The number of likely N-dealkylation sites (tertiary alicyclic amines) is 2. The topological polar surface area (TPSA) is 78.0 Å². The van der Waals surface area contributed by atoms with E-state index in [1.807, 2.05) is 0 Å². The molecule has 4 amide bonds. The number of hydrogen-bond donors (Lipinski definition) is 0. The van der Waals surface area contributed by atoms with Gasteiger partial charge in [0.05, 0.1) is 11.8 Å². The van der Waals surface area contributed by atoms with Gasteiger partial charge in [0.15, 0.2) is 0 Å². The second-order valence-electron chi connectivity index (χ2n) is 5.79. The molecule has 2 aliphatic rings. The van der Waals surface area contributed by atoms with Crippen molar-refractivity contribution < 1.29 is 19.2 Å². The Kier molecular flexibility index (Phi) is 3.88.